The predicted molar refractivity (Wildman–Crippen MR) is 488 cm³/mol. The lowest BCUT2D eigenvalue weighted by Crippen LogP contribution is -2.53. The van der Waals surface area contributed by atoms with Crippen LogP contribution in [0.1, 0.15) is 114 Å². The van der Waals surface area contributed by atoms with Crippen LogP contribution in [0.15, 0.2) is 305 Å². The molecule has 0 saturated carbocycles. The third-order valence-electron chi connectivity index (χ3n) is 23.8. The lowest BCUT2D eigenvalue weighted by Gasteiger charge is -2.41. The number of pyridine rings is 5. The van der Waals surface area contributed by atoms with E-state index in [0.717, 1.165) is 66.1 Å². The maximum absolute atomic E-state index is 14.4. The molecule has 13 aromatic rings. The van der Waals surface area contributed by atoms with Crippen molar-refractivity contribution >= 4 is 58.8 Å². The standard InChI is InChI=1S/2C28H24FN5O.C23H18N6OS.C21H22N4O/c2*1-28(21-14-16-31-23(17-21)22-9-6-15-32-25(22)29)24(26(35)34(2)27(30)33-28)20-12-10-19(11-13-20)18-7-4-3-5-8-18;1-23(19-9-17(13-31-19)15-5-3-4-14(8-15)10-24)20(21(30)29(2)22(26)28-23)16-6-7-18(11-25)27-12-16;1-4-18-19(26)25(3)20(23)24-21(18,2)17-10-6-9-16(12-17)15-8-5-7-14(11-15)13-22/h2*3-17,24H,1-2H3,(H2,30,33);3-9,12-13,20H,1-2H3,(H2,26,28);5-12,18H,4H2,1-3H3,(H2,23,24)/t24-,28+;24-,28-;20-,23-;18-,21+/m0110/s1. The Bertz CT molecular complexity index is 6410. The van der Waals surface area contributed by atoms with Gasteiger partial charge in [-0.25, -0.2) is 34.9 Å². The minimum absolute atomic E-state index is 0.0145. The Morgan fingerprint density at radius 2 is 0.756 bits per heavy atom. The van der Waals surface area contributed by atoms with Crippen molar-refractivity contribution in [3.63, 3.8) is 0 Å². The van der Waals surface area contributed by atoms with E-state index in [1.54, 1.807) is 120 Å². The molecule has 0 unspecified atom stereocenters. The van der Waals surface area contributed by atoms with E-state index >= 15 is 0 Å². The molecule has 0 aliphatic carbocycles. The minimum atomic E-state index is -1.03. The quantitative estimate of drug-likeness (QED) is 0.0735. The maximum Gasteiger partial charge on any atom is 0.239 e. The molecular weight excluding hydrogens is 1620 g/mol. The van der Waals surface area contributed by atoms with Crippen LogP contribution >= 0.6 is 11.3 Å². The van der Waals surface area contributed by atoms with Gasteiger partial charge >= 0.3 is 0 Å². The van der Waals surface area contributed by atoms with Gasteiger partial charge in [-0.2, -0.15) is 24.6 Å². The van der Waals surface area contributed by atoms with Gasteiger partial charge in [-0.1, -0.05) is 165 Å². The van der Waals surface area contributed by atoms with E-state index in [-0.39, 0.29) is 70.2 Å². The van der Waals surface area contributed by atoms with E-state index in [1.165, 1.54) is 43.3 Å². The molecule has 4 amide bonds. The van der Waals surface area contributed by atoms with Gasteiger partial charge < -0.3 is 22.9 Å². The van der Waals surface area contributed by atoms with Gasteiger partial charge in [0.15, 0.2) is 23.8 Å². The fraction of sp³-hybridized carbons (Fsp3) is 0.180. The number of nitrogens with zero attached hydrogens (tertiary/aromatic N) is 16. The van der Waals surface area contributed by atoms with Crippen LogP contribution in [0.4, 0.5) is 8.78 Å². The van der Waals surface area contributed by atoms with Crippen LogP contribution in [0.25, 0.3) is 67.0 Å². The topological polar surface area (TPSA) is 371 Å². The van der Waals surface area contributed by atoms with Gasteiger partial charge in [-0.15, -0.1) is 11.3 Å². The molecule has 8 N–H and O–H groups in total. The highest BCUT2D eigenvalue weighted by Gasteiger charge is 2.51. The van der Waals surface area contributed by atoms with Crippen LogP contribution in [0, 0.1) is 51.8 Å². The largest absolute Gasteiger partial charge is 0.369 e. The molecule has 6 aromatic heterocycles. The molecule has 4 aliphatic heterocycles. The molecule has 0 fully saturated rings. The van der Waals surface area contributed by atoms with Gasteiger partial charge in [0.25, 0.3) is 0 Å². The van der Waals surface area contributed by atoms with Crippen molar-refractivity contribution in [1.82, 2.24) is 44.5 Å². The normalized spacial score (nSPS) is 20.7. The zero-order valence-corrected chi connectivity index (χ0v) is 71.7. The first-order valence-corrected chi connectivity index (χ1v) is 41.5. The molecule has 24 nitrogen and oxygen atoms in total. The fourth-order valence-electron chi connectivity index (χ4n) is 16.5. The summed E-state index contributed by atoms with van der Waals surface area (Å²) in [7, 11) is 6.50. The zero-order chi connectivity index (χ0) is 90.2. The second-order valence-electron chi connectivity index (χ2n) is 31.6. The molecule has 0 spiro atoms. The van der Waals surface area contributed by atoms with Crippen LogP contribution in [0.3, 0.4) is 0 Å². The summed E-state index contributed by atoms with van der Waals surface area (Å²) < 4.78 is 28.8. The molecule has 17 rings (SSSR count). The first-order valence-electron chi connectivity index (χ1n) is 40.6. The lowest BCUT2D eigenvalue weighted by molar-refractivity contribution is -0.134. The third kappa shape index (κ3) is 17.5. The van der Waals surface area contributed by atoms with Crippen molar-refractivity contribution in [2.75, 3.05) is 28.2 Å². The molecule has 4 aliphatic rings. The van der Waals surface area contributed by atoms with E-state index in [0.29, 0.717) is 45.6 Å². The number of hydrogen-bond donors (Lipinski definition) is 4. The molecule has 0 bridgehead atoms. The number of nitrogens with two attached hydrogens (primary N) is 4. The van der Waals surface area contributed by atoms with Crippen molar-refractivity contribution in [3.05, 3.63) is 352 Å². The Hall–Kier alpha value is -15.9. The van der Waals surface area contributed by atoms with Crippen LogP contribution in [-0.2, 0) is 41.3 Å². The summed E-state index contributed by atoms with van der Waals surface area (Å²) in [6, 6.07) is 84.0. The first-order chi connectivity index (χ1) is 61.0. The number of nitriles is 3. The van der Waals surface area contributed by atoms with Gasteiger partial charge in [0, 0.05) is 64.1 Å². The number of carbonyl (C=O) groups excluding carboxylic acids is 4. The molecule has 10 heterocycles. The summed E-state index contributed by atoms with van der Waals surface area (Å²) >= 11 is 1.49. The number of likely N-dealkylation sites (N-methyl/N-ethyl adjacent to an activating group) is 3. The van der Waals surface area contributed by atoms with E-state index in [2.05, 4.69) is 42.1 Å². The summed E-state index contributed by atoms with van der Waals surface area (Å²) in [5.74, 6) is -3.35. The Balaban J connectivity index is 0.000000138. The fourth-order valence-corrected chi connectivity index (χ4v) is 17.6. The number of carbonyl (C=O) groups is 4. The number of amides is 4. The Morgan fingerprint density at radius 3 is 1.18 bits per heavy atom. The summed E-state index contributed by atoms with van der Waals surface area (Å²) in [5, 5.41) is 29.4. The van der Waals surface area contributed by atoms with Gasteiger partial charge in [-0.3, -0.25) is 48.7 Å². The van der Waals surface area contributed by atoms with E-state index in [4.69, 9.17) is 48.4 Å². The van der Waals surface area contributed by atoms with Gasteiger partial charge in [-0.05, 0) is 208 Å². The SMILES string of the molecule is CC[C@H]1C(=O)N(C)C(N)=N[C@]1(C)c1cccc(-c2cccc(C#N)c2)c1.CN1C(=O)[C@@H](c2ccc(-c3ccccc3)cc2)[C@@](C)(c2ccnc(-c3cccnc3F)c2)N=C1N.CN1C(=O)[C@@H](c2ccc(C#N)nc2)[C@@](C)(c2cc(-c3cccc(C#N)c3)cs2)N=C1N.CN1C(=O)[C@H](c2ccc(-c3ccccc3)cc2)[C@@](C)(c2ccnc(-c3cccnc3F)c2)N=C1N. The number of aromatic nitrogens is 5. The van der Waals surface area contributed by atoms with Crippen molar-refractivity contribution in [1.29, 1.82) is 15.8 Å². The predicted octanol–water partition coefficient (Wildman–Crippen LogP) is 16.1. The summed E-state index contributed by atoms with van der Waals surface area (Å²) in [4.78, 5) is 98.8. The van der Waals surface area contributed by atoms with Crippen molar-refractivity contribution < 1.29 is 28.0 Å². The average Bonchev–Trinajstić information content (AvgIpc) is 1.59. The second-order valence-corrected chi connectivity index (χ2v) is 32.5. The van der Waals surface area contributed by atoms with Crippen LogP contribution in [0.2, 0.25) is 0 Å². The van der Waals surface area contributed by atoms with Crippen molar-refractivity contribution in [2.45, 2.75) is 80.9 Å². The highest BCUT2D eigenvalue weighted by molar-refractivity contribution is 7.10. The average molecular weight is 1700 g/mol. The molecule has 127 heavy (non-hydrogen) atoms. The first kappa shape index (κ1) is 87.4. The van der Waals surface area contributed by atoms with Crippen molar-refractivity contribution in [3.8, 4) is 85.2 Å². The van der Waals surface area contributed by atoms with Crippen molar-refractivity contribution in [2.24, 2.45) is 48.8 Å². The smallest absolute Gasteiger partial charge is 0.239 e. The number of rotatable bonds is 14. The number of guanidine groups is 4. The Morgan fingerprint density at radius 1 is 0.370 bits per heavy atom. The van der Waals surface area contributed by atoms with E-state index in [9.17, 15) is 33.2 Å². The number of thiophene rings is 1. The Kier molecular flexibility index (Phi) is 25.2. The Labute approximate surface area is 738 Å². The molecule has 0 saturated heterocycles. The van der Waals surface area contributed by atoms with Gasteiger partial charge in [0.05, 0.1) is 75.0 Å². The molecule has 27 heteroatoms. The number of aliphatic imine (C=N–C) groups is 4. The summed E-state index contributed by atoms with van der Waals surface area (Å²) in [6.45, 7) is 9.59. The molecule has 7 aromatic carbocycles. The number of benzene rings is 7. The second kappa shape index (κ2) is 36.6. The molecule has 0 radical (unpaired) electrons. The molecule has 8 atom stereocenters. The monoisotopic (exact) mass is 1700 g/mol. The number of halogens is 2. The van der Waals surface area contributed by atoms with Crippen LogP contribution in [-0.4, -0.2) is 120 Å². The van der Waals surface area contributed by atoms with Gasteiger partial charge in [0.2, 0.25) is 35.5 Å². The van der Waals surface area contributed by atoms with Crippen LogP contribution < -0.4 is 22.9 Å². The van der Waals surface area contributed by atoms with Gasteiger partial charge in [0.1, 0.15) is 28.4 Å². The van der Waals surface area contributed by atoms with E-state index < -0.39 is 51.8 Å². The van der Waals surface area contributed by atoms with Crippen LogP contribution in [0.5, 0.6) is 0 Å². The molecular formula is C100H88F2N20O4S. The highest BCUT2D eigenvalue weighted by atomic mass is 32.1. The summed E-state index contributed by atoms with van der Waals surface area (Å²) in [5.41, 5.74) is 36.2. The zero-order valence-electron chi connectivity index (χ0n) is 70.9. The minimum Gasteiger partial charge on any atom is -0.369 e. The summed E-state index contributed by atoms with van der Waals surface area (Å²) in [6.07, 6.45) is 8.18. The molecule has 632 valence electrons. The maximum atomic E-state index is 14.4. The number of hydrogen-bond acceptors (Lipinski definition) is 21. The highest BCUT2D eigenvalue weighted by Crippen LogP contribution is 2.50. The third-order valence-corrected chi connectivity index (χ3v) is 24.9. The lowest BCUT2D eigenvalue weighted by atomic mass is 9.74. The van der Waals surface area contributed by atoms with E-state index in [1.807, 2.05) is 222 Å².